The van der Waals surface area contributed by atoms with Crippen LogP contribution in [0.15, 0.2) is 0 Å². The molecule has 0 saturated heterocycles. The van der Waals surface area contributed by atoms with Crippen molar-refractivity contribution in [2.24, 2.45) is 5.73 Å². The number of nitrogens with zero attached hydrogens (tertiary/aromatic N) is 1. The van der Waals surface area contributed by atoms with Crippen molar-refractivity contribution in [1.82, 2.24) is 4.90 Å². The molecule has 0 aliphatic rings. The van der Waals surface area contributed by atoms with Crippen LogP contribution in [0.25, 0.3) is 0 Å². The van der Waals surface area contributed by atoms with E-state index in [9.17, 15) is 9.90 Å². The number of amides is 1. The fourth-order valence-corrected chi connectivity index (χ4v) is 2.83. The molecule has 0 aliphatic heterocycles. The summed E-state index contributed by atoms with van der Waals surface area (Å²) in [5, 5.41) is 10.1. The van der Waals surface area contributed by atoms with Gasteiger partial charge in [0.15, 0.2) is 0 Å². The second-order valence-electron chi connectivity index (χ2n) is 5.95. The summed E-state index contributed by atoms with van der Waals surface area (Å²) in [6.07, 6.45) is 9.68. The van der Waals surface area contributed by atoms with Gasteiger partial charge in [-0.2, -0.15) is 0 Å². The zero-order valence-electron chi connectivity index (χ0n) is 14.1. The van der Waals surface area contributed by atoms with E-state index in [0.29, 0.717) is 6.42 Å². The molecule has 3 N–H and O–H groups in total. The quantitative estimate of drug-likeness (QED) is 0.369. The Bertz CT molecular complexity index is 312. The summed E-state index contributed by atoms with van der Waals surface area (Å²) in [7, 11) is 0. The second-order valence-corrected chi connectivity index (χ2v) is 8.24. The summed E-state index contributed by atoms with van der Waals surface area (Å²) >= 11 is 16.8. The number of halogens is 3. The van der Waals surface area contributed by atoms with Gasteiger partial charge in [-0.1, -0.05) is 93.1 Å². The summed E-state index contributed by atoms with van der Waals surface area (Å²) in [5.74, 6) is -0.636. The Morgan fingerprint density at radius 3 is 2.09 bits per heavy atom. The van der Waals surface area contributed by atoms with E-state index in [-0.39, 0.29) is 19.6 Å². The third-order valence-electron chi connectivity index (χ3n) is 3.75. The standard InChI is InChI=1S/C16H31Cl3N2O2/c1-2-3-4-5-6-7-8-9-10-14(22)13-21(12-11-20)15(23)16(17,18)19/h14,22H,2-13,20H2,1H3. The van der Waals surface area contributed by atoms with Crippen molar-refractivity contribution >= 4 is 40.7 Å². The number of aliphatic hydroxyl groups is 1. The Balaban J connectivity index is 3.92. The van der Waals surface area contributed by atoms with E-state index in [1.807, 2.05) is 0 Å². The van der Waals surface area contributed by atoms with Gasteiger partial charge in [-0.25, -0.2) is 0 Å². The predicted molar refractivity (Wildman–Crippen MR) is 99.2 cm³/mol. The molecule has 0 aliphatic carbocycles. The van der Waals surface area contributed by atoms with E-state index in [1.165, 1.54) is 43.4 Å². The molecule has 1 atom stereocenters. The molecule has 0 spiro atoms. The number of rotatable bonds is 13. The first-order chi connectivity index (χ1) is 10.8. The van der Waals surface area contributed by atoms with Gasteiger partial charge in [0.25, 0.3) is 9.70 Å². The van der Waals surface area contributed by atoms with Gasteiger partial charge in [0.2, 0.25) is 0 Å². The average molecular weight is 390 g/mol. The van der Waals surface area contributed by atoms with Crippen LogP contribution >= 0.6 is 34.8 Å². The van der Waals surface area contributed by atoms with Crippen LogP contribution in [0, 0.1) is 0 Å². The van der Waals surface area contributed by atoms with Gasteiger partial charge in [0, 0.05) is 19.6 Å². The van der Waals surface area contributed by atoms with Crippen LogP contribution in [-0.4, -0.2) is 45.4 Å². The summed E-state index contributed by atoms with van der Waals surface area (Å²) in [6.45, 7) is 2.89. The van der Waals surface area contributed by atoms with Crippen molar-refractivity contribution in [3.8, 4) is 0 Å². The van der Waals surface area contributed by atoms with Crippen molar-refractivity contribution in [2.45, 2.75) is 74.6 Å². The van der Waals surface area contributed by atoms with E-state index in [1.54, 1.807) is 0 Å². The molecule has 23 heavy (non-hydrogen) atoms. The highest BCUT2D eigenvalue weighted by Crippen LogP contribution is 2.28. The minimum atomic E-state index is -2.01. The molecule has 4 nitrogen and oxygen atoms in total. The van der Waals surface area contributed by atoms with E-state index < -0.39 is 15.8 Å². The van der Waals surface area contributed by atoms with Gasteiger partial charge < -0.3 is 15.7 Å². The van der Waals surface area contributed by atoms with Crippen LogP contribution in [0.2, 0.25) is 0 Å². The average Bonchev–Trinajstić information content (AvgIpc) is 2.48. The first-order valence-electron chi connectivity index (χ1n) is 8.57. The van der Waals surface area contributed by atoms with E-state index in [4.69, 9.17) is 40.5 Å². The Labute approximate surface area is 155 Å². The van der Waals surface area contributed by atoms with Crippen molar-refractivity contribution in [1.29, 1.82) is 0 Å². The predicted octanol–water partition coefficient (Wildman–Crippen LogP) is 4.04. The molecule has 0 radical (unpaired) electrons. The fourth-order valence-electron chi connectivity index (χ4n) is 2.47. The van der Waals surface area contributed by atoms with Crippen LogP contribution in [0.1, 0.15) is 64.7 Å². The van der Waals surface area contributed by atoms with Gasteiger partial charge in [0.1, 0.15) is 0 Å². The molecule has 0 bridgehead atoms. The molecular weight excluding hydrogens is 359 g/mol. The number of carbonyl (C=O) groups is 1. The van der Waals surface area contributed by atoms with E-state index >= 15 is 0 Å². The highest BCUT2D eigenvalue weighted by atomic mass is 35.6. The SMILES string of the molecule is CCCCCCCCCCC(O)CN(CCN)C(=O)C(Cl)(Cl)Cl. The largest absolute Gasteiger partial charge is 0.391 e. The summed E-state index contributed by atoms with van der Waals surface area (Å²) in [5.41, 5.74) is 5.47. The third-order valence-corrected chi connectivity index (χ3v) is 4.24. The van der Waals surface area contributed by atoms with Crippen molar-refractivity contribution in [3.63, 3.8) is 0 Å². The Hall–Kier alpha value is 0.260. The number of hydrogen-bond donors (Lipinski definition) is 2. The highest BCUT2D eigenvalue weighted by molar-refractivity contribution is 6.76. The molecule has 0 heterocycles. The van der Waals surface area contributed by atoms with Crippen LogP contribution in [-0.2, 0) is 4.79 Å². The normalized spacial score (nSPS) is 13.1. The maximum atomic E-state index is 12.0. The van der Waals surface area contributed by atoms with Gasteiger partial charge in [-0.15, -0.1) is 0 Å². The monoisotopic (exact) mass is 388 g/mol. The minimum Gasteiger partial charge on any atom is -0.391 e. The highest BCUT2D eigenvalue weighted by Gasteiger charge is 2.35. The van der Waals surface area contributed by atoms with Crippen LogP contribution in [0.3, 0.4) is 0 Å². The summed E-state index contributed by atoms with van der Waals surface area (Å²) < 4.78 is -2.01. The van der Waals surface area contributed by atoms with E-state index in [0.717, 1.165) is 12.8 Å². The number of carbonyl (C=O) groups excluding carboxylic acids is 1. The van der Waals surface area contributed by atoms with Crippen LogP contribution < -0.4 is 5.73 Å². The number of hydrogen-bond acceptors (Lipinski definition) is 3. The van der Waals surface area contributed by atoms with Crippen molar-refractivity contribution in [3.05, 3.63) is 0 Å². The Kier molecular flexibility index (Phi) is 13.7. The molecule has 1 unspecified atom stereocenters. The third kappa shape index (κ3) is 12.3. The van der Waals surface area contributed by atoms with Crippen molar-refractivity contribution < 1.29 is 9.90 Å². The second kappa shape index (κ2) is 13.5. The van der Waals surface area contributed by atoms with Gasteiger partial charge >= 0.3 is 0 Å². The first kappa shape index (κ1) is 23.3. The van der Waals surface area contributed by atoms with Crippen LogP contribution in [0.5, 0.6) is 0 Å². The molecule has 7 heteroatoms. The maximum Gasteiger partial charge on any atom is 0.274 e. The zero-order valence-corrected chi connectivity index (χ0v) is 16.3. The van der Waals surface area contributed by atoms with Crippen molar-refractivity contribution in [2.75, 3.05) is 19.6 Å². The molecule has 0 fully saturated rings. The first-order valence-corrected chi connectivity index (χ1v) is 9.70. The number of aliphatic hydroxyl groups excluding tert-OH is 1. The van der Waals surface area contributed by atoms with Crippen LogP contribution in [0.4, 0.5) is 0 Å². The number of unbranched alkanes of at least 4 members (excludes halogenated alkanes) is 7. The molecule has 0 aromatic rings. The fraction of sp³-hybridized carbons (Fsp3) is 0.938. The van der Waals surface area contributed by atoms with Gasteiger partial charge in [-0.05, 0) is 6.42 Å². The van der Waals surface area contributed by atoms with Gasteiger partial charge in [0.05, 0.1) is 6.10 Å². The molecule has 0 rings (SSSR count). The topological polar surface area (TPSA) is 66.6 Å². The van der Waals surface area contributed by atoms with Gasteiger partial charge in [-0.3, -0.25) is 4.79 Å². The molecule has 0 aromatic heterocycles. The molecule has 1 amide bonds. The maximum absolute atomic E-state index is 12.0. The Morgan fingerprint density at radius 2 is 1.61 bits per heavy atom. The summed E-state index contributed by atoms with van der Waals surface area (Å²) in [4.78, 5) is 13.3. The number of nitrogens with two attached hydrogens (primary N) is 1. The Morgan fingerprint density at radius 1 is 1.09 bits per heavy atom. The molecular formula is C16H31Cl3N2O2. The molecule has 0 saturated carbocycles. The lowest BCUT2D eigenvalue weighted by atomic mass is 10.1. The summed E-state index contributed by atoms with van der Waals surface area (Å²) in [6, 6.07) is 0. The zero-order chi connectivity index (χ0) is 17.7. The number of alkyl halides is 3. The lowest BCUT2D eigenvalue weighted by molar-refractivity contribution is -0.131. The molecule has 0 aromatic carbocycles. The van der Waals surface area contributed by atoms with E-state index in [2.05, 4.69) is 6.92 Å². The lowest BCUT2D eigenvalue weighted by Gasteiger charge is -2.27. The molecule has 138 valence electrons. The lowest BCUT2D eigenvalue weighted by Crippen LogP contribution is -2.45. The minimum absolute atomic E-state index is 0.153. The smallest absolute Gasteiger partial charge is 0.274 e.